The summed E-state index contributed by atoms with van der Waals surface area (Å²) in [6.07, 6.45) is 2.11. The first-order valence-corrected chi connectivity index (χ1v) is 6.19. The Kier molecular flexibility index (Phi) is 2.36. The second kappa shape index (κ2) is 3.89. The van der Waals surface area contributed by atoms with Crippen LogP contribution in [0.3, 0.4) is 0 Å². The molecule has 17 heavy (non-hydrogen) atoms. The Labute approximate surface area is 101 Å². The number of aromatic hydroxyl groups is 1. The van der Waals surface area contributed by atoms with Gasteiger partial charge in [-0.25, -0.2) is 9.78 Å². The first kappa shape index (κ1) is 10.3. The maximum Gasteiger partial charge on any atom is 0.321 e. The highest BCUT2D eigenvalue weighted by Crippen LogP contribution is 2.28. The van der Waals surface area contributed by atoms with Crippen LogP contribution in [0.1, 0.15) is 12.8 Å². The summed E-state index contributed by atoms with van der Waals surface area (Å²) in [5, 5.41) is 15.4. The molecular weight excluding hydrogens is 238 g/mol. The van der Waals surface area contributed by atoms with E-state index in [1.54, 1.807) is 18.2 Å². The number of thiazole rings is 1. The predicted octanol–water partition coefficient (Wildman–Crippen LogP) is 2.29. The van der Waals surface area contributed by atoms with Crippen molar-refractivity contribution in [3.63, 3.8) is 0 Å². The molecule has 6 heteroatoms. The molecule has 0 unspecified atom stereocenters. The van der Waals surface area contributed by atoms with Crippen LogP contribution in [0.5, 0.6) is 5.75 Å². The lowest BCUT2D eigenvalue weighted by Crippen LogP contribution is -2.30. The van der Waals surface area contributed by atoms with Crippen molar-refractivity contribution >= 4 is 32.7 Å². The molecule has 3 N–H and O–H groups in total. The number of phenolic OH excluding ortho intramolecular Hbond substituents is 1. The summed E-state index contributed by atoms with van der Waals surface area (Å²) in [5.74, 6) is 0.204. The summed E-state index contributed by atoms with van der Waals surface area (Å²) >= 11 is 1.34. The zero-order chi connectivity index (χ0) is 11.8. The van der Waals surface area contributed by atoms with Crippen LogP contribution < -0.4 is 10.6 Å². The first-order chi connectivity index (χ1) is 8.20. The van der Waals surface area contributed by atoms with Crippen molar-refractivity contribution in [2.24, 2.45) is 0 Å². The molecule has 0 aliphatic heterocycles. The second-order valence-corrected chi connectivity index (χ2v) is 5.07. The molecule has 3 rings (SSSR count). The van der Waals surface area contributed by atoms with E-state index in [2.05, 4.69) is 15.6 Å². The molecule has 1 saturated carbocycles. The molecule has 2 aromatic rings. The Morgan fingerprint density at radius 1 is 1.47 bits per heavy atom. The molecule has 0 atom stereocenters. The molecule has 0 bridgehead atoms. The van der Waals surface area contributed by atoms with Crippen molar-refractivity contribution in [2.45, 2.75) is 18.9 Å². The van der Waals surface area contributed by atoms with Gasteiger partial charge in [-0.2, -0.15) is 0 Å². The van der Waals surface area contributed by atoms with Gasteiger partial charge in [0.2, 0.25) is 0 Å². The van der Waals surface area contributed by atoms with E-state index in [4.69, 9.17) is 0 Å². The quantitative estimate of drug-likeness (QED) is 0.764. The number of rotatable bonds is 2. The molecule has 1 aliphatic rings. The number of anilines is 1. The van der Waals surface area contributed by atoms with E-state index in [1.807, 2.05) is 0 Å². The van der Waals surface area contributed by atoms with Gasteiger partial charge in [-0.05, 0) is 31.0 Å². The third kappa shape index (κ3) is 2.31. The van der Waals surface area contributed by atoms with Crippen LogP contribution in [0.25, 0.3) is 10.2 Å². The minimum Gasteiger partial charge on any atom is -0.508 e. The van der Waals surface area contributed by atoms with Gasteiger partial charge >= 0.3 is 6.03 Å². The number of aromatic nitrogens is 1. The molecule has 1 aromatic carbocycles. The van der Waals surface area contributed by atoms with Crippen molar-refractivity contribution in [1.29, 1.82) is 0 Å². The van der Waals surface area contributed by atoms with Crippen LogP contribution in [-0.4, -0.2) is 22.2 Å². The fourth-order valence-electron chi connectivity index (χ4n) is 1.51. The minimum atomic E-state index is -0.212. The first-order valence-electron chi connectivity index (χ1n) is 5.38. The summed E-state index contributed by atoms with van der Waals surface area (Å²) in [5.41, 5.74) is 0.773. The van der Waals surface area contributed by atoms with Gasteiger partial charge in [0.25, 0.3) is 0 Å². The average Bonchev–Trinajstić information content (AvgIpc) is 2.97. The molecule has 1 heterocycles. The fraction of sp³-hybridized carbons (Fsp3) is 0.273. The van der Waals surface area contributed by atoms with E-state index in [-0.39, 0.29) is 11.8 Å². The number of urea groups is 1. The molecule has 1 aliphatic carbocycles. The standard InChI is InChI=1S/C11H11N3O2S/c15-7-3-4-8-9(5-7)17-11(13-8)14-10(16)12-6-1-2-6/h3-6,15H,1-2H2,(H2,12,13,14,16). The molecule has 1 aromatic heterocycles. The van der Waals surface area contributed by atoms with Crippen LogP contribution in [0.4, 0.5) is 9.93 Å². The van der Waals surface area contributed by atoms with E-state index in [1.165, 1.54) is 11.3 Å². The lowest BCUT2D eigenvalue weighted by molar-refractivity contribution is 0.251. The van der Waals surface area contributed by atoms with Gasteiger partial charge in [-0.1, -0.05) is 11.3 Å². The largest absolute Gasteiger partial charge is 0.508 e. The Morgan fingerprint density at radius 3 is 3.06 bits per heavy atom. The molecule has 0 saturated heterocycles. The van der Waals surface area contributed by atoms with E-state index >= 15 is 0 Å². The minimum absolute atomic E-state index is 0.204. The van der Waals surface area contributed by atoms with Crippen LogP contribution in [0, 0.1) is 0 Å². The maximum absolute atomic E-state index is 11.5. The maximum atomic E-state index is 11.5. The van der Waals surface area contributed by atoms with Gasteiger partial charge in [0.1, 0.15) is 5.75 Å². The molecule has 2 amide bonds. The highest BCUT2D eigenvalue weighted by molar-refractivity contribution is 7.22. The highest BCUT2D eigenvalue weighted by Gasteiger charge is 2.23. The number of carbonyl (C=O) groups is 1. The monoisotopic (exact) mass is 249 g/mol. The summed E-state index contributed by atoms with van der Waals surface area (Å²) in [7, 11) is 0. The predicted molar refractivity (Wildman–Crippen MR) is 66.5 cm³/mol. The van der Waals surface area contributed by atoms with Gasteiger partial charge in [0.15, 0.2) is 5.13 Å². The van der Waals surface area contributed by atoms with Crippen molar-refractivity contribution in [3.05, 3.63) is 18.2 Å². The third-order valence-corrected chi connectivity index (χ3v) is 3.44. The van der Waals surface area contributed by atoms with Crippen LogP contribution in [0.15, 0.2) is 18.2 Å². The van der Waals surface area contributed by atoms with E-state index < -0.39 is 0 Å². The lowest BCUT2D eigenvalue weighted by atomic mass is 10.3. The van der Waals surface area contributed by atoms with Crippen LogP contribution in [-0.2, 0) is 0 Å². The van der Waals surface area contributed by atoms with Crippen LogP contribution >= 0.6 is 11.3 Å². The van der Waals surface area contributed by atoms with Gasteiger partial charge in [0.05, 0.1) is 10.2 Å². The molecule has 5 nitrogen and oxygen atoms in total. The van der Waals surface area contributed by atoms with Crippen molar-refractivity contribution in [3.8, 4) is 5.75 Å². The van der Waals surface area contributed by atoms with E-state index in [9.17, 15) is 9.90 Å². The SMILES string of the molecule is O=C(Nc1nc2ccc(O)cc2s1)NC1CC1. The van der Waals surface area contributed by atoms with Crippen molar-refractivity contribution in [2.75, 3.05) is 5.32 Å². The molecule has 1 fully saturated rings. The number of benzene rings is 1. The normalized spacial score (nSPS) is 14.8. The number of hydrogen-bond acceptors (Lipinski definition) is 4. The number of phenols is 1. The van der Waals surface area contributed by atoms with Crippen molar-refractivity contribution in [1.82, 2.24) is 10.3 Å². The smallest absolute Gasteiger partial charge is 0.321 e. The summed E-state index contributed by atoms with van der Waals surface area (Å²) in [4.78, 5) is 15.8. The summed E-state index contributed by atoms with van der Waals surface area (Å²) in [6, 6.07) is 5.06. The van der Waals surface area contributed by atoms with Gasteiger partial charge in [-0.3, -0.25) is 5.32 Å². The number of amides is 2. The highest BCUT2D eigenvalue weighted by atomic mass is 32.1. The van der Waals surface area contributed by atoms with Gasteiger partial charge in [0, 0.05) is 6.04 Å². The number of carbonyl (C=O) groups excluding carboxylic acids is 1. The van der Waals surface area contributed by atoms with Crippen LogP contribution in [0.2, 0.25) is 0 Å². The molecule has 0 spiro atoms. The fourth-order valence-corrected chi connectivity index (χ4v) is 2.41. The zero-order valence-corrected chi connectivity index (χ0v) is 9.75. The van der Waals surface area contributed by atoms with Gasteiger partial charge in [-0.15, -0.1) is 0 Å². The second-order valence-electron chi connectivity index (χ2n) is 4.04. The number of fused-ring (bicyclic) bond motifs is 1. The Bertz CT molecular complexity index is 577. The Hall–Kier alpha value is -1.82. The lowest BCUT2D eigenvalue weighted by Gasteiger charge is -2.01. The molecule has 88 valence electrons. The molecular formula is C11H11N3O2S. The summed E-state index contributed by atoms with van der Waals surface area (Å²) < 4.78 is 0.853. The van der Waals surface area contributed by atoms with E-state index in [0.29, 0.717) is 11.2 Å². The Morgan fingerprint density at radius 2 is 2.29 bits per heavy atom. The van der Waals surface area contributed by atoms with Gasteiger partial charge < -0.3 is 10.4 Å². The zero-order valence-electron chi connectivity index (χ0n) is 8.93. The van der Waals surface area contributed by atoms with Crippen molar-refractivity contribution < 1.29 is 9.90 Å². The molecule has 0 radical (unpaired) electrons. The topological polar surface area (TPSA) is 74.2 Å². The average molecular weight is 249 g/mol. The number of nitrogens with one attached hydrogen (secondary N) is 2. The van der Waals surface area contributed by atoms with E-state index in [0.717, 1.165) is 23.1 Å². The number of nitrogens with zero attached hydrogens (tertiary/aromatic N) is 1. The Balaban J connectivity index is 1.77. The number of hydrogen-bond donors (Lipinski definition) is 3. The third-order valence-electron chi connectivity index (χ3n) is 2.51. The summed E-state index contributed by atoms with van der Waals surface area (Å²) in [6.45, 7) is 0.